The van der Waals surface area contributed by atoms with Crippen LogP contribution in [-0.2, 0) is 11.3 Å². The molecule has 0 aromatic heterocycles. The molecule has 8 heteroatoms. The fraction of sp³-hybridized carbons (Fsp3) is 0.0800. The predicted octanol–water partition coefficient (Wildman–Crippen LogP) is 6.87. The van der Waals surface area contributed by atoms with Crippen LogP contribution in [0.2, 0.25) is 5.02 Å². The molecule has 3 aromatic carbocycles. The SMILES string of the molecule is Cc1cccc(CN2C(=O)S/C(=C\c3cc(Br)ccc3OC(=O)c3cccc(Cl)c3)C2=O)c1. The van der Waals surface area contributed by atoms with Gasteiger partial charge in [0.15, 0.2) is 0 Å². The van der Waals surface area contributed by atoms with Crippen molar-refractivity contribution in [2.45, 2.75) is 13.5 Å². The van der Waals surface area contributed by atoms with E-state index in [1.54, 1.807) is 42.5 Å². The number of aryl methyl sites for hydroxylation is 1. The molecule has 0 N–H and O–H groups in total. The lowest BCUT2D eigenvalue weighted by atomic mass is 10.1. The third-order valence-electron chi connectivity index (χ3n) is 4.82. The molecule has 1 saturated heterocycles. The highest BCUT2D eigenvalue weighted by molar-refractivity contribution is 9.10. The Bertz CT molecular complexity index is 1310. The maximum absolute atomic E-state index is 13.0. The number of esters is 1. The summed E-state index contributed by atoms with van der Waals surface area (Å²) in [5.41, 5.74) is 2.71. The molecule has 1 fully saturated rings. The molecule has 1 aliphatic rings. The van der Waals surface area contributed by atoms with Gasteiger partial charge < -0.3 is 4.74 Å². The molecule has 1 aliphatic heterocycles. The van der Waals surface area contributed by atoms with Crippen LogP contribution in [0.15, 0.2) is 76.1 Å². The average Bonchev–Trinajstić information content (AvgIpc) is 3.03. The number of benzene rings is 3. The van der Waals surface area contributed by atoms with Gasteiger partial charge in [0, 0.05) is 15.1 Å². The topological polar surface area (TPSA) is 63.7 Å². The van der Waals surface area contributed by atoms with Crippen molar-refractivity contribution in [2.75, 3.05) is 0 Å². The van der Waals surface area contributed by atoms with Crippen molar-refractivity contribution >= 4 is 62.5 Å². The summed E-state index contributed by atoms with van der Waals surface area (Å²) in [5, 5.41) is 0.0722. The van der Waals surface area contributed by atoms with E-state index in [4.69, 9.17) is 16.3 Å². The Kier molecular flexibility index (Phi) is 7.02. The van der Waals surface area contributed by atoms with E-state index in [2.05, 4.69) is 15.9 Å². The highest BCUT2D eigenvalue weighted by atomic mass is 79.9. The quantitative estimate of drug-likeness (QED) is 0.200. The van der Waals surface area contributed by atoms with E-state index in [0.717, 1.165) is 27.4 Å². The van der Waals surface area contributed by atoms with Gasteiger partial charge in [0.2, 0.25) is 0 Å². The standard InChI is InChI=1S/C25H17BrClNO4S/c1-15-4-2-5-16(10-15)14-28-23(29)22(33-25(28)31)13-18-11-19(26)8-9-21(18)32-24(30)17-6-3-7-20(27)12-17/h2-13H,14H2,1H3/b22-13-. The summed E-state index contributed by atoms with van der Waals surface area (Å²) in [6.45, 7) is 2.15. The Hall–Kier alpha value is -2.87. The highest BCUT2D eigenvalue weighted by Crippen LogP contribution is 2.36. The number of carbonyl (C=O) groups excluding carboxylic acids is 3. The Morgan fingerprint density at radius 1 is 1.09 bits per heavy atom. The zero-order valence-corrected chi connectivity index (χ0v) is 20.5. The van der Waals surface area contributed by atoms with Crippen LogP contribution in [0, 0.1) is 6.92 Å². The Labute approximate surface area is 208 Å². The summed E-state index contributed by atoms with van der Waals surface area (Å²) in [4.78, 5) is 39.6. The van der Waals surface area contributed by atoms with Crippen LogP contribution in [0.4, 0.5) is 4.79 Å². The first kappa shape index (κ1) is 23.3. The van der Waals surface area contributed by atoms with Crippen LogP contribution in [0.5, 0.6) is 5.75 Å². The van der Waals surface area contributed by atoms with Gasteiger partial charge in [-0.2, -0.15) is 0 Å². The van der Waals surface area contributed by atoms with E-state index in [0.29, 0.717) is 16.1 Å². The van der Waals surface area contributed by atoms with Gasteiger partial charge in [0.05, 0.1) is 17.0 Å². The lowest BCUT2D eigenvalue weighted by molar-refractivity contribution is -0.123. The van der Waals surface area contributed by atoms with Crippen molar-refractivity contribution < 1.29 is 19.1 Å². The van der Waals surface area contributed by atoms with Crippen LogP contribution >= 0.6 is 39.3 Å². The second kappa shape index (κ2) is 9.95. The molecular weight excluding hydrogens is 526 g/mol. The smallest absolute Gasteiger partial charge is 0.343 e. The first-order chi connectivity index (χ1) is 15.8. The molecule has 2 amide bonds. The van der Waals surface area contributed by atoms with Crippen LogP contribution in [0.1, 0.15) is 27.0 Å². The minimum absolute atomic E-state index is 0.193. The maximum atomic E-state index is 13.0. The van der Waals surface area contributed by atoms with E-state index >= 15 is 0 Å². The van der Waals surface area contributed by atoms with E-state index in [9.17, 15) is 14.4 Å². The first-order valence-electron chi connectivity index (χ1n) is 9.88. The van der Waals surface area contributed by atoms with Gasteiger partial charge in [-0.05, 0) is 66.7 Å². The number of hydrogen-bond donors (Lipinski definition) is 0. The summed E-state index contributed by atoms with van der Waals surface area (Å²) in [6, 6.07) is 19.2. The molecule has 3 aromatic rings. The van der Waals surface area contributed by atoms with Crippen LogP contribution in [0.3, 0.4) is 0 Å². The van der Waals surface area contributed by atoms with Crippen molar-refractivity contribution in [3.63, 3.8) is 0 Å². The molecule has 0 saturated carbocycles. The third kappa shape index (κ3) is 5.55. The van der Waals surface area contributed by atoms with Crippen LogP contribution < -0.4 is 4.74 Å². The van der Waals surface area contributed by atoms with Gasteiger partial charge in [-0.25, -0.2) is 4.79 Å². The van der Waals surface area contributed by atoms with Gasteiger partial charge in [-0.1, -0.05) is 63.4 Å². The number of amides is 2. The molecule has 0 radical (unpaired) electrons. The Balaban J connectivity index is 1.59. The molecular formula is C25H17BrClNO4S. The molecule has 166 valence electrons. The minimum Gasteiger partial charge on any atom is -0.422 e. The van der Waals surface area contributed by atoms with Crippen molar-refractivity contribution in [2.24, 2.45) is 0 Å². The molecule has 0 atom stereocenters. The highest BCUT2D eigenvalue weighted by Gasteiger charge is 2.35. The second-order valence-corrected chi connectivity index (χ2v) is 9.68. The monoisotopic (exact) mass is 541 g/mol. The summed E-state index contributed by atoms with van der Waals surface area (Å²) < 4.78 is 6.30. The summed E-state index contributed by atoms with van der Waals surface area (Å²) in [6.07, 6.45) is 1.56. The Morgan fingerprint density at radius 2 is 1.88 bits per heavy atom. The number of nitrogens with zero attached hydrogens (tertiary/aromatic N) is 1. The Morgan fingerprint density at radius 3 is 2.64 bits per heavy atom. The zero-order valence-electron chi connectivity index (χ0n) is 17.4. The fourth-order valence-electron chi connectivity index (χ4n) is 3.27. The number of hydrogen-bond acceptors (Lipinski definition) is 5. The molecule has 0 spiro atoms. The molecule has 1 heterocycles. The molecule has 0 aliphatic carbocycles. The van der Waals surface area contributed by atoms with E-state index < -0.39 is 11.9 Å². The van der Waals surface area contributed by atoms with E-state index in [1.165, 1.54) is 11.0 Å². The molecule has 4 rings (SSSR count). The normalized spacial score (nSPS) is 14.8. The third-order valence-corrected chi connectivity index (χ3v) is 6.45. The lowest BCUT2D eigenvalue weighted by Gasteiger charge is -2.13. The molecule has 5 nitrogen and oxygen atoms in total. The minimum atomic E-state index is -0.581. The van der Waals surface area contributed by atoms with Gasteiger partial charge in [-0.15, -0.1) is 0 Å². The van der Waals surface area contributed by atoms with Crippen molar-refractivity contribution in [3.05, 3.63) is 103 Å². The molecule has 0 bridgehead atoms. The first-order valence-corrected chi connectivity index (χ1v) is 11.9. The molecule has 33 heavy (non-hydrogen) atoms. The number of halogens is 2. The maximum Gasteiger partial charge on any atom is 0.343 e. The molecule has 0 unspecified atom stereocenters. The van der Waals surface area contributed by atoms with E-state index in [1.807, 2.05) is 31.2 Å². The van der Waals surface area contributed by atoms with Crippen molar-refractivity contribution in [1.29, 1.82) is 0 Å². The summed E-state index contributed by atoms with van der Waals surface area (Å²) in [7, 11) is 0. The zero-order chi connectivity index (χ0) is 23.5. The predicted molar refractivity (Wildman–Crippen MR) is 133 cm³/mol. The fourth-order valence-corrected chi connectivity index (χ4v) is 4.67. The van der Waals surface area contributed by atoms with Gasteiger partial charge in [-0.3, -0.25) is 14.5 Å². The average molecular weight is 543 g/mol. The van der Waals surface area contributed by atoms with Crippen LogP contribution in [-0.4, -0.2) is 22.0 Å². The number of carbonyl (C=O) groups is 3. The van der Waals surface area contributed by atoms with Crippen molar-refractivity contribution in [1.82, 2.24) is 4.90 Å². The lowest BCUT2D eigenvalue weighted by Crippen LogP contribution is -2.27. The van der Waals surface area contributed by atoms with Crippen LogP contribution in [0.25, 0.3) is 6.08 Å². The largest absolute Gasteiger partial charge is 0.422 e. The summed E-state index contributed by atoms with van der Waals surface area (Å²) in [5.74, 6) is -0.714. The second-order valence-electron chi connectivity index (χ2n) is 7.34. The van der Waals surface area contributed by atoms with Crippen molar-refractivity contribution in [3.8, 4) is 5.75 Å². The number of rotatable bonds is 5. The van der Waals surface area contributed by atoms with Gasteiger partial charge in [0.25, 0.3) is 11.1 Å². The van der Waals surface area contributed by atoms with Gasteiger partial charge in [0.1, 0.15) is 5.75 Å². The van der Waals surface area contributed by atoms with E-state index in [-0.39, 0.29) is 22.4 Å². The number of thioether (sulfide) groups is 1. The van der Waals surface area contributed by atoms with Gasteiger partial charge >= 0.3 is 5.97 Å². The number of ether oxygens (including phenoxy) is 1. The number of imide groups is 1. The summed E-state index contributed by atoms with van der Waals surface area (Å²) >= 11 is 10.2.